The van der Waals surface area contributed by atoms with Crippen LogP contribution in [0.1, 0.15) is 0 Å². The predicted molar refractivity (Wildman–Crippen MR) is 46.6 cm³/mol. The summed E-state index contributed by atoms with van der Waals surface area (Å²) in [5.41, 5.74) is 0. The standard InChI is InChI=1S/C8H11F5N2O2/c9-7(10,8(11,12)13)6(16)15-3-5-4-17-2-1-14-5/h5,14H,1-4H2,(H,15,16). The maximum Gasteiger partial charge on any atom is 0.463 e. The monoisotopic (exact) mass is 262 g/mol. The van der Waals surface area contributed by atoms with Crippen LogP contribution in [0.2, 0.25) is 0 Å². The van der Waals surface area contributed by atoms with Crippen LogP contribution in [-0.2, 0) is 9.53 Å². The summed E-state index contributed by atoms with van der Waals surface area (Å²) < 4.78 is 65.3. The van der Waals surface area contributed by atoms with Crippen molar-refractivity contribution in [3.05, 3.63) is 0 Å². The van der Waals surface area contributed by atoms with Crippen LogP contribution in [-0.4, -0.2) is 50.4 Å². The fraction of sp³-hybridized carbons (Fsp3) is 0.875. The Morgan fingerprint density at radius 1 is 1.35 bits per heavy atom. The summed E-state index contributed by atoms with van der Waals surface area (Å²) in [7, 11) is 0. The van der Waals surface area contributed by atoms with E-state index < -0.39 is 24.0 Å². The van der Waals surface area contributed by atoms with Gasteiger partial charge < -0.3 is 15.4 Å². The molecular formula is C8H11F5N2O2. The zero-order chi connectivity index (χ0) is 13.1. The number of ether oxygens (including phenoxy) is 1. The molecule has 0 radical (unpaired) electrons. The van der Waals surface area contributed by atoms with Gasteiger partial charge in [-0.3, -0.25) is 4.79 Å². The molecule has 1 rings (SSSR count). The zero-order valence-electron chi connectivity index (χ0n) is 8.61. The minimum absolute atomic E-state index is 0.151. The molecule has 2 N–H and O–H groups in total. The fourth-order valence-electron chi connectivity index (χ4n) is 1.21. The van der Waals surface area contributed by atoms with E-state index in [9.17, 15) is 26.7 Å². The lowest BCUT2D eigenvalue weighted by Gasteiger charge is -2.25. The van der Waals surface area contributed by atoms with Crippen LogP contribution in [0.5, 0.6) is 0 Å². The van der Waals surface area contributed by atoms with Gasteiger partial charge in [0.25, 0.3) is 5.91 Å². The van der Waals surface area contributed by atoms with Crippen molar-refractivity contribution < 1.29 is 31.5 Å². The largest absolute Gasteiger partial charge is 0.463 e. The molecular weight excluding hydrogens is 251 g/mol. The van der Waals surface area contributed by atoms with Crippen molar-refractivity contribution in [2.45, 2.75) is 18.1 Å². The molecule has 1 heterocycles. The summed E-state index contributed by atoms with van der Waals surface area (Å²) in [6, 6.07) is -0.461. The molecule has 100 valence electrons. The summed E-state index contributed by atoms with van der Waals surface area (Å²) >= 11 is 0. The van der Waals surface area contributed by atoms with Gasteiger partial charge in [0.15, 0.2) is 0 Å². The van der Waals surface area contributed by atoms with Gasteiger partial charge in [-0.25, -0.2) is 0 Å². The lowest BCUT2D eigenvalue weighted by molar-refractivity contribution is -0.269. The average Bonchev–Trinajstić information content (AvgIpc) is 2.25. The second kappa shape index (κ2) is 5.13. The first kappa shape index (κ1) is 14.1. The Labute approximate surface area is 93.5 Å². The first-order valence-electron chi connectivity index (χ1n) is 4.79. The summed E-state index contributed by atoms with van der Waals surface area (Å²) in [6.07, 6.45) is -5.88. The lowest BCUT2D eigenvalue weighted by atomic mass is 10.2. The Kier molecular flexibility index (Phi) is 4.26. The maximum absolute atomic E-state index is 12.5. The molecule has 1 amide bonds. The van der Waals surface area contributed by atoms with Crippen molar-refractivity contribution in [3.63, 3.8) is 0 Å². The maximum atomic E-state index is 12.5. The highest BCUT2D eigenvalue weighted by Gasteiger charge is 2.63. The topological polar surface area (TPSA) is 50.4 Å². The molecule has 1 aliphatic rings. The van der Waals surface area contributed by atoms with E-state index in [-0.39, 0.29) is 13.2 Å². The molecule has 4 nitrogen and oxygen atoms in total. The first-order valence-corrected chi connectivity index (χ1v) is 4.79. The van der Waals surface area contributed by atoms with Gasteiger partial charge >= 0.3 is 12.1 Å². The molecule has 0 aromatic carbocycles. The van der Waals surface area contributed by atoms with E-state index in [1.807, 2.05) is 0 Å². The Bertz CT molecular complexity index is 276. The summed E-state index contributed by atoms with van der Waals surface area (Å²) in [5.74, 6) is -7.72. The van der Waals surface area contributed by atoms with Gasteiger partial charge in [-0.15, -0.1) is 0 Å². The Hall–Kier alpha value is -0.960. The van der Waals surface area contributed by atoms with Gasteiger partial charge in [-0.05, 0) is 0 Å². The molecule has 1 fully saturated rings. The lowest BCUT2D eigenvalue weighted by Crippen LogP contribution is -2.54. The zero-order valence-corrected chi connectivity index (χ0v) is 8.61. The average molecular weight is 262 g/mol. The van der Waals surface area contributed by atoms with Crippen molar-refractivity contribution in [2.75, 3.05) is 26.3 Å². The number of hydrogen-bond donors (Lipinski definition) is 2. The van der Waals surface area contributed by atoms with Gasteiger partial charge in [0.05, 0.1) is 13.2 Å². The molecule has 0 aromatic heterocycles. The van der Waals surface area contributed by atoms with E-state index in [0.717, 1.165) is 0 Å². The number of halogens is 5. The van der Waals surface area contributed by atoms with Gasteiger partial charge in [0, 0.05) is 19.1 Å². The van der Waals surface area contributed by atoms with Crippen molar-refractivity contribution in [3.8, 4) is 0 Å². The number of amides is 1. The van der Waals surface area contributed by atoms with E-state index in [1.165, 1.54) is 0 Å². The van der Waals surface area contributed by atoms with Crippen molar-refractivity contribution in [2.24, 2.45) is 0 Å². The Balaban J connectivity index is 2.43. The van der Waals surface area contributed by atoms with Crippen LogP contribution in [0.25, 0.3) is 0 Å². The van der Waals surface area contributed by atoms with Crippen molar-refractivity contribution in [1.82, 2.24) is 10.6 Å². The summed E-state index contributed by atoms with van der Waals surface area (Å²) in [6.45, 7) is 0.696. The molecule has 17 heavy (non-hydrogen) atoms. The Morgan fingerprint density at radius 2 is 2.00 bits per heavy atom. The van der Waals surface area contributed by atoms with Crippen molar-refractivity contribution in [1.29, 1.82) is 0 Å². The molecule has 1 saturated heterocycles. The number of morpholine rings is 1. The van der Waals surface area contributed by atoms with Gasteiger partial charge in [0.2, 0.25) is 0 Å². The van der Waals surface area contributed by atoms with E-state index in [4.69, 9.17) is 4.74 Å². The van der Waals surface area contributed by atoms with Crippen LogP contribution in [0.3, 0.4) is 0 Å². The van der Waals surface area contributed by atoms with Gasteiger partial charge in [0.1, 0.15) is 0 Å². The van der Waals surface area contributed by atoms with E-state index in [2.05, 4.69) is 5.32 Å². The molecule has 1 unspecified atom stereocenters. The number of carbonyl (C=O) groups is 1. The van der Waals surface area contributed by atoms with E-state index in [1.54, 1.807) is 5.32 Å². The summed E-state index contributed by atoms with van der Waals surface area (Å²) in [5, 5.41) is 4.35. The number of nitrogens with one attached hydrogen (secondary N) is 2. The molecule has 0 aromatic rings. The van der Waals surface area contributed by atoms with Gasteiger partial charge in [-0.1, -0.05) is 0 Å². The quantitative estimate of drug-likeness (QED) is 0.719. The number of rotatable bonds is 3. The third-order valence-corrected chi connectivity index (χ3v) is 2.15. The summed E-state index contributed by atoms with van der Waals surface area (Å²) in [4.78, 5) is 10.7. The highest BCUT2D eigenvalue weighted by atomic mass is 19.4. The van der Waals surface area contributed by atoms with Crippen molar-refractivity contribution >= 4 is 5.91 Å². The highest BCUT2D eigenvalue weighted by molar-refractivity contribution is 5.84. The fourth-order valence-corrected chi connectivity index (χ4v) is 1.21. The highest BCUT2D eigenvalue weighted by Crippen LogP contribution is 2.35. The van der Waals surface area contributed by atoms with Crippen LogP contribution >= 0.6 is 0 Å². The minimum Gasteiger partial charge on any atom is -0.378 e. The second-order valence-corrected chi connectivity index (χ2v) is 3.51. The molecule has 0 saturated carbocycles. The second-order valence-electron chi connectivity index (χ2n) is 3.51. The molecule has 1 atom stereocenters. The number of carbonyl (C=O) groups excluding carboxylic acids is 1. The number of alkyl halides is 5. The molecule has 0 bridgehead atoms. The normalized spacial score (nSPS) is 22.3. The van der Waals surface area contributed by atoms with E-state index in [0.29, 0.717) is 13.2 Å². The first-order chi connectivity index (χ1) is 7.75. The third kappa shape index (κ3) is 3.50. The van der Waals surface area contributed by atoms with Crippen LogP contribution in [0.15, 0.2) is 0 Å². The van der Waals surface area contributed by atoms with Crippen LogP contribution < -0.4 is 10.6 Å². The molecule has 0 spiro atoms. The van der Waals surface area contributed by atoms with Crippen LogP contribution in [0, 0.1) is 0 Å². The SMILES string of the molecule is O=C(NCC1COCCN1)C(F)(F)C(F)(F)F. The van der Waals surface area contributed by atoms with E-state index >= 15 is 0 Å². The molecule has 1 aliphatic heterocycles. The van der Waals surface area contributed by atoms with Gasteiger partial charge in [-0.2, -0.15) is 22.0 Å². The third-order valence-electron chi connectivity index (χ3n) is 2.15. The molecule has 9 heteroatoms. The number of hydrogen-bond acceptors (Lipinski definition) is 3. The smallest absolute Gasteiger partial charge is 0.378 e. The predicted octanol–water partition coefficient (Wildman–Crippen LogP) is 0.289. The van der Waals surface area contributed by atoms with Crippen LogP contribution in [0.4, 0.5) is 22.0 Å². The molecule has 0 aliphatic carbocycles. The Morgan fingerprint density at radius 3 is 2.47 bits per heavy atom. The minimum atomic E-state index is -5.88.